The molecule has 0 aromatic heterocycles. The Morgan fingerprint density at radius 3 is 2.33 bits per heavy atom. The normalized spacial score (nSPS) is 16.5. The van der Waals surface area contributed by atoms with Crippen LogP contribution in [-0.4, -0.2) is 11.4 Å². The molecular formula is C9H16N2O. The maximum atomic E-state index is 10.8. The molecule has 0 unspecified atom stereocenters. The van der Waals surface area contributed by atoms with Crippen LogP contribution in [0.4, 0.5) is 0 Å². The molecule has 0 heterocycles. The van der Waals surface area contributed by atoms with Gasteiger partial charge in [0, 0.05) is 6.42 Å². The van der Waals surface area contributed by atoms with Gasteiger partial charge in [-0.1, -0.05) is 20.8 Å². The summed E-state index contributed by atoms with van der Waals surface area (Å²) in [4.78, 5) is 10.8. The quantitative estimate of drug-likeness (QED) is 0.680. The molecule has 68 valence electrons. The Labute approximate surface area is 73.8 Å². The highest BCUT2D eigenvalue weighted by Gasteiger charge is 2.44. The highest BCUT2D eigenvalue weighted by Crippen LogP contribution is 2.34. The maximum Gasteiger partial charge on any atom is 0.220 e. The Kier molecular flexibility index (Phi) is 4.35. The van der Waals surface area contributed by atoms with E-state index in [4.69, 9.17) is 5.26 Å². The van der Waals surface area contributed by atoms with E-state index in [1.54, 1.807) is 6.92 Å². The minimum absolute atomic E-state index is 0.0287. The Morgan fingerprint density at radius 2 is 2.08 bits per heavy atom. The lowest BCUT2D eigenvalue weighted by molar-refractivity contribution is -0.121. The fourth-order valence-electron chi connectivity index (χ4n) is 0.745. The van der Waals surface area contributed by atoms with Crippen LogP contribution in [0.1, 0.15) is 40.0 Å². The third-order valence-corrected chi connectivity index (χ3v) is 1.66. The number of nitrogens with zero attached hydrogens (tertiary/aromatic N) is 1. The molecule has 1 rings (SSSR count). The zero-order chi connectivity index (χ0) is 9.61. The molecule has 3 nitrogen and oxygen atoms in total. The van der Waals surface area contributed by atoms with Crippen LogP contribution in [0, 0.1) is 11.3 Å². The van der Waals surface area contributed by atoms with Crippen LogP contribution in [0.3, 0.4) is 0 Å². The molecule has 1 N–H and O–H groups in total. The molecule has 0 atom stereocenters. The molecule has 12 heavy (non-hydrogen) atoms. The van der Waals surface area contributed by atoms with Gasteiger partial charge in [-0.25, -0.2) is 0 Å². The fraction of sp³-hybridized carbons (Fsp3) is 0.778. The molecule has 0 bridgehead atoms. The molecule has 1 aliphatic rings. The SMILES string of the molecule is CC.CCC(=O)NC1(C#N)CC1. The van der Waals surface area contributed by atoms with Crippen LogP contribution in [0.25, 0.3) is 0 Å². The maximum absolute atomic E-state index is 10.8. The zero-order valence-electron chi connectivity index (χ0n) is 7.98. The van der Waals surface area contributed by atoms with Crippen molar-refractivity contribution in [3.63, 3.8) is 0 Å². The molecule has 1 aliphatic carbocycles. The summed E-state index contributed by atoms with van der Waals surface area (Å²) in [6.45, 7) is 5.78. The molecule has 0 aromatic rings. The summed E-state index contributed by atoms with van der Waals surface area (Å²) < 4.78 is 0. The van der Waals surface area contributed by atoms with Crippen molar-refractivity contribution in [1.82, 2.24) is 5.32 Å². The zero-order valence-corrected chi connectivity index (χ0v) is 7.98. The van der Waals surface area contributed by atoms with Crippen molar-refractivity contribution in [1.29, 1.82) is 5.26 Å². The second-order valence-electron chi connectivity index (χ2n) is 2.60. The van der Waals surface area contributed by atoms with E-state index in [9.17, 15) is 4.79 Å². The molecule has 1 amide bonds. The Hall–Kier alpha value is -1.04. The Balaban J connectivity index is 0.000000561. The fourth-order valence-corrected chi connectivity index (χ4v) is 0.745. The number of hydrogen-bond acceptors (Lipinski definition) is 2. The van der Waals surface area contributed by atoms with Crippen molar-refractivity contribution < 1.29 is 4.79 Å². The lowest BCUT2D eigenvalue weighted by Gasteiger charge is -2.05. The number of hydrogen-bond donors (Lipinski definition) is 1. The predicted octanol–water partition coefficient (Wildman–Crippen LogP) is 1.59. The first-order valence-electron chi connectivity index (χ1n) is 4.45. The molecular weight excluding hydrogens is 152 g/mol. The molecule has 0 spiro atoms. The highest BCUT2D eigenvalue weighted by molar-refractivity contribution is 5.77. The molecule has 0 saturated heterocycles. The molecule has 0 radical (unpaired) electrons. The highest BCUT2D eigenvalue weighted by atomic mass is 16.1. The topological polar surface area (TPSA) is 52.9 Å². The van der Waals surface area contributed by atoms with Gasteiger partial charge in [-0.3, -0.25) is 4.79 Å². The molecule has 1 saturated carbocycles. The second kappa shape index (κ2) is 4.76. The van der Waals surface area contributed by atoms with Gasteiger partial charge >= 0.3 is 0 Å². The van der Waals surface area contributed by atoms with E-state index in [1.807, 2.05) is 13.8 Å². The third-order valence-electron chi connectivity index (χ3n) is 1.66. The molecule has 1 fully saturated rings. The van der Waals surface area contributed by atoms with Crippen LogP contribution in [0.5, 0.6) is 0 Å². The Morgan fingerprint density at radius 1 is 1.58 bits per heavy atom. The summed E-state index contributed by atoms with van der Waals surface area (Å²) in [5, 5.41) is 11.2. The molecule has 0 aliphatic heterocycles. The summed E-state index contributed by atoms with van der Waals surface area (Å²) >= 11 is 0. The van der Waals surface area contributed by atoms with Crippen LogP contribution in [-0.2, 0) is 4.79 Å². The van der Waals surface area contributed by atoms with Gasteiger partial charge in [0.15, 0.2) is 0 Å². The van der Waals surface area contributed by atoms with Crippen LogP contribution in [0.2, 0.25) is 0 Å². The average molecular weight is 168 g/mol. The average Bonchev–Trinajstić information content (AvgIpc) is 2.89. The van der Waals surface area contributed by atoms with Crippen molar-refractivity contribution >= 4 is 5.91 Å². The van der Waals surface area contributed by atoms with Crippen LogP contribution >= 0.6 is 0 Å². The third kappa shape index (κ3) is 2.91. The summed E-state index contributed by atoms with van der Waals surface area (Å²) in [7, 11) is 0. The van der Waals surface area contributed by atoms with E-state index in [-0.39, 0.29) is 5.91 Å². The standard InChI is InChI=1S/C7H10N2O.C2H6/c1-2-6(10)9-7(5-8)3-4-7;1-2/h2-4H2,1H3,(H,9,10);1-2H3. The first-order valence-corrected chi connectivity index (χ1v) is 4.45. The summed E-state index contributed by atoms with van der Waals surface area (Å²) in [6.07, 6.45) is 2.09. The van der Waals surface area contributed by atoms with Gasteiger partial charge < -0.3 is 5.32 Å². The number of carbonyl (C=O) groups excluding carboxylic acids is 1. The van der Waals surface area contributed by atoms with E-state index in [0.717, 1.165) is 12.8 Å². The number of nitriles is 1. The number of nitrogens with one attached hydrogen (secondary N) is 1. The van der Waals surface area contributed by atoms with Gasteiger partial charge in [-0.05, 0) is 12.8 Å². The monoisotopic (exact) mass is 168 g/mol. The van der Waals surface area contributed by atoms with Crippen molar-refractivity contribution in [3.8, 4) is 6.07 Å². The van der Waals surface area contributed by atoms with Gasteiger partial charge in [0.25, 0.3) is 0 Å². The largest absolute Gasteiger partial charge is 0.338 e. The van der Waals surface area contributed by atoms with Crippen LogP contribution in [0.15, 0.2) is 0 Å². The first kappa shape index (κ1) is 11.0. The van der Waals surface area contributed by atoms with E-state index in [0.29, 0.717) is 6.42 Å². The molecule has 3 heteroatoms. The summed E-state index contributed by atoms with van der Waals surface area (Å²) in [5.41, 5.74) is -0.479. The lowest BCUT2D eigenvalue weighted by atomic mass is 10.3. The van der Waals surface area contributed by atoms with Gasteiger partial charge in [0.05, 0.1) is 6.07 Å². The van der Waals surface area contributed by atoms with E-state index < -0.39 is 5.54 Å². The predicted molar refractivity (Wildman–Crippen MR) is 47.4 cm³/mol. The van der Waals surface area contributed by atoms with Gasteiger partial charge in [0.2, 0.25) is 5.91 Å². The Bertz CT molecular complexity index is 189. The van der Waals surface area contributed by atoms with Gasteiger partial charge in [0.1, 0.15) is 5.54 Å². The summed E-state index contributed by atoms with van der Waals surface area (Å²) in [6, 6.07) is 2.09. The van der Waals surface area contributed by atoms with Crippen LogP contribution < -0.4 is 5.32 Å². The van der Waals surface area contributed by atoms with Crippen molar-refractivity contribution in [2.75, 3.05) is 0 Å². The van der Waals surface area contributed by atoms with Crippen molar-refractivity contribution in [2.24, 2.45) is 0 Å². The molecule has 0 aromatic carbocycles. The van der Waals surface area contributed by atoms with E-state index in [2.05, 4.69) is 11.4 Å². The van der Waals surface area contributed by atoms with E-state index in [1.165, 1.54) is 0 Å². The summed E-state index contributed by atoms with van der Waals surface area (Å²) in [5.74, 6) is -0.0287. The second-order valence-corrected chi connectivity index (χ2v) is 2.60. The first-order chi connectivity index (χ1) is 5.72. The van der Waals surface area contributed by atoms with Crippen molar-refractivity contribution in [3.05, 3.63) is 0 Å². The van der Waals surface area contributed by atoms with E-state index >= 15 is 0 Å². The number of amides is 1. The number of carbonyl (C=O) groups is 1. The number of rotatable bonds is 2. The van der Waals surface area contributed by atoms with Crippen molar-refractivity contribution in [2.45, 2.75) is 45.6 Å². The lowest BCUT2D eigenvalue weighted by Crippen LogP contribution is -2.34. The van der Waals surface area contributed by atoms with Gasteiger partial charge in [-0.15, -0.1) is 0 Å². The smallest absolute Gasteiger partial charge is 0.220 e. The van der Waals surface area contributed by atoms with Gasteiger partial charge in [-0.2, -0.15) is 5.26 Å². The minimum atomic E-state index is -0.479. The minimum Gasteiger partial charge on any atom is -0.338 e.